The van der Waals surface area contributed by atoms with Crippen LogP contribution in [0.4, 0.5) is 0 Å². The number of nitrogens with two attached hydrogens (primary N) is 1. The molecular weight excluding hydrogens is 206 g/mol. The van der Waals surface area contributed by atoms with E-state index >= 15 is 0 Å². The van der Waals surface area contributed by atoms with Gasteiger partial charge in [-0.15, -0.1) is 0 Å². The van der Waals surface area contributed by atoms with Crippen LogP contribution >= 0.6 is 0 Å². The van der Waals surface area contributed by atoms with Gasteiger partial charge in [-0.05, 0) is 30.6 Å². The van der Waals surface area contributed by atoms with Crippen molar-refractivity contribution in [2.24, 2.45) is 28.1 Å². The summed E-state index contributed by atoms with van der Waals surface area (Å²) in [6.07, 6.45) is 3.00. The maximum absolute atomic E-state index is 11.9. The first-order valence-corrected chi connectivity index (χ1v) is 5.73. The summed E-state index contributed by atoms with van der Waals surface area (Å²) in [6, 6.07) is -0.283. The zero-order valence-corrected chi connectivity index (χ0v) is 9.73. The number of nitrogens with zero attached hydrogens (tertiary/aromatic N) is 1. The molecule has 0 heterocycles. The lowest BCUT2D eigenvalue weighted by Gasteiger charge is -2.17. The van der Waals surface area contributed by atoms with Crippen molar-refractivity contribution in [1.29, 1.82) is 0 Å². The summed E-state index contributed by atoms with van der Waals surface area (Å²) >= 11 is 0. The minimum atomic E-state index is -0.283. The molecule has 0 aromatic rings. The molecule has 16 heavy (non-hydrogen) atoms. The molecule has 90 valence electrons. The molecule has 4 N–H and O–H groups in total. The number of carbonyl (C=O) groups excluding carboxylic acids is 1. The predicted molar refractivity (Wildman–Crippen MR) is 60.0 cm³/mol. The Morgan fingerprint density at radius 1 is 1.56 bits per heavy atom. The second-order valence-electron chi connectivity index (χ2n) is 5.59. The molecule has 5 nitrogen and oxygen atoms in total. The first-order chi connectivity index (χ1) is 7.45. The van der Waals surface area contributed by atoms with Crippen LogP contribution in [0.25, 0.3) is 0 Å². The van der Waals surface area contributed by atoms with Crippen LogP contribution in [0, 0.1) is 17.3 Å². The average Bonchev–Trinajstić information content (AvgIpc) is 3.10. The fourth-order valence-corrected chi connectivity index (χ4v) is 2.09. The highest BCUT2D eigenvalue weighted by Gasteiger charge is 2.51. The maximum Gasteiger partial charge on any atom is 0.224 e. The van der Waals surface area contributed by atoms with Gasteiger partial charge in [0.05, 0.1) is 6.04 Å². The SMILES string of the molecule is CC1(C)CC1C(=O)NC(C(N)=NO)C1CC1. The highest BCUT2D eigenvalue weighted by Crippen LogP contribution is 2.51. The van der Waals surface area contributed by atoms with Crippen molar-refractivity contribution in [3.8, 4) is 0 Å². The predicted octanol–water partition coefficient (Wildman–Crippen LogP) is 0.674. The van der Waals surface area contributed by atoms with Crippen molar-refractivity contribution in [1.82, 2.24) is 5.32 Å². The van der Waals surface area contributed by atoms with Crippen LogP contribution in [-0.4, -0.2) is 23.0 Å². The summed E-state index contributed by atoms with van der Waals surface area (Å²) in [5.74, 6) is 0.588. The molecule has 0 radical (unpaired) electrons. The van der Waals surface area contributed by atoms with E-state index in [1.165, 1.54) is 0 Å². The van der Waals surface area contributed by atoms with E-state index in [0.717, 1.165) is 19.3 Å². The Morgan fingerprint density at radius 3 is 2.50 bits per heavy atom. The van der Waals surface area contributed by atoms with Gasteiger partial charge in [0.25, 0.3) is 0 Å². The summed E-state index contributed by atoms with van der Waals surface area (Å²) in [6.45, 7) is 4.15. The molecule has 2 rings (SSSR count). The first kappa shape index (κ1) is 11.2. The summed E-state index contributed by atoms with van der Waals surface area (Å²) in [7, 11) is 0. The van der Waals surface area contributed by atoms with Gasteiger partial charge in [0.1, 0.15) is 0 Å². The molecule has 2 unspecified atom stereocenters. The molecular formula is C11H19N3O2. The zero-order valence-electron chi connectivity index (χ0n) is 9.73. The Balaban J connectivity index is 1.94. The van der Waals surface area contributed by atoms with Crippen LogP contribution in [-0.2, 0) is 4.79 Å². The Bertz CT molecular complexity index is 334. The van der Waals surface area contributed by atoms with E-state index in [1.807, 2.05) is 0 Å². The fourth-order valence-electron chi connectivity index (χ4n) is 2.09. The number of hydrogen-bond donors (Lipinski definition) is 3. The third kappa shape index (κ3) is 2.13. The largest absolute Gasteiger partial charge is 0.409 e. The molecule has 0 aliphatic heterocycles. The van der Waals surface area contributed by atoms with Crippen molar-refractivity contribution in [3.63, 3.8) is 0 Å². The maximum atomic E-state index is 11.9. The van der Waals surface area contributed by atoms with Crippen molar-refractivity contribution in [2.75, 3.05) is 0 Å². The monoisotopic (exact) mass is 225 g/mol. The van der Waals surface area contributed by atoms with E-state index in [2.05, 4.69) is 24.3 Å². The van der Waals surface area contributed by atoms with Crippen LogP contribution < -0.4 is 11.1 Å². The quantitative estimate of drug-likeness (QED) is 0.284. The molecule has 2 atom stereocenters. The third-order valence-electron chi connectivity index (χ3n) is 3.66. The smallest absolute Gasteiger partial charge is 0.224 e. The average molecular weight is 225 g/mol. The molecule has 0 aromatic carbocycles. The van der Waals surface area contributed by atoms with Crippen LogP contribution in [0.5, 0.6) is 0 Å². The number of amides is 1. The van der Waals surface area contributed by atoms with Gasteiger partial charge in [-0.1, -0.05) is 19.0 Å². The zero-order chi connectivity index (χ0) is 11.9. The number of nitrogens with one attached hydrogen (secondary N) is 1. The summed E-state index contributed by atoms with van der Waals surface area (Å²) in [5.41, 5.74) is 5.69. The number of amidine groups is 1. The second kappa shape index (κ2) is 3.64. The van der Waals surface area contributed by atoms with E-state index < -0.39 is 0 Å². The molecule has 2 saturated carbocycles. The van der Waals surface area contributed by atoms with Gasteiger partial charge >= 0.3 is 0 Å². The Morgan fingerprint density at radius 2 is 2.12 bits per heavy atom. The Kier molecular flexibility index (Phi) is 2.56. The summed E-state index contributed by atoms with van der Waals surface area (Å²) in [5, 5.41) is 14.6. The van der Waals surface area contributed by atoms with Crippen LogP contribution in [0.2, 0.25) is 0 Å². The van der Waals surface area contributed by atoms with E-state index in [4.69, 9.17) is 10.9 Å². The van der Waals surface area contributed by atoms with Gasteiger partial charge < -0.3 is 16.3 Å². The molecule has 2 fully saturated rings. The van der Waals surface area contributed by atoms with Crippen LogP contribution in [0.3, 0.4) is 0 Å². The number of hydrogen-bond acceptors (Lipinski definition) is 3. The number of rotatable bonds is 4. The lowest BCUT2D eigenvalue weighted by Crippen LogP contribution is -2.47. The van der Waals surface area contributed by atoms with Gasteiger partial charge in [-0.25, -0.2) is 0 Å². The molecule has 0 aromatic heterocycles. The molecule has 1 amide bonds. The molecule has 0 bridgehead atoms. The molecule has 2 aliphatic carbocycles. The van der Waals surface area contributed by atoms with E-state index in [0.29, 0.717) is 5.92 Å². The number of carbonyl (C=O) groups is 1. The van der Waals surface area contributed by atoms with E-state index in [1.54, 1.807) is 0 Å². The first-order valence-electron chi connectivity index (χ1n) is 5.73. The minimum Gasteiger partial charge on any atom is -0.409 e. The van der Waals surface area contributed by atoms with Gasteiger partial charge in [0, 0.05) is 5.92 Å². The van der Waals surface area contributed by atoms with Crippen molar-refractivity contribution >= 4 is 11.7 Å². The molecule has 0 saturated heterocycles. The van der Waals surface area contributed by atoms with Gasteiger partial charge in [-0.3, -0.25) is 4.79 Å². The van der Waals surface area contributed by atoms with Crippen LogP contribution in [0.1, 0.15) is 33.1 Å². The van der Waals surface area contributed by atoms with E-state index in [-0.39, 0.29) is 29.1 Å². The Labute approximate surface area is 95.1 Å². The topological polar surface area (TPSA) is 87.7 Å². The summed E-state index contributed by atoms with van der Waals surface area (Å²) in [4.78, 5) is 11.9. The van der Waals surface area contributed by atoms with Crippen molar-refractivity contribution in [3.05, 3.63) is 0 Å². The van der Waals surface area contributed by atoms with E-state index in [9.17, 15) is 4.79 Å². The molecule has 0 spiro atoms. The standard InChI is InChI=1S/C11H19N3O2/c1-11(2)5-7(11)10(15)13-8(6-3-4-6)9(12)14-16/h6-8,16H,3-5H2,1-2H3,(H2,12,14)(H,13,15). The third-order valence-corrected chi connectivity index (χ3v) is 3.66. The fraction of sp³-hybridized carbons (Fsp3) is 0.818. The lowest BCUT2D eigenvalue weighted by molar-refractivity contribution is -0.123. The second-order valence-corrected chi connectivity index (χ2v) is 5.59. The van der Waals surface area contributed by atoms with Crippen molar-refractivity contribution < 1.29 is 10.0 Å². The minimum absolute atomic E-state index is 0.0356. The van der Waals surface area contributed by atoms with Gasteiger partial charge in [0.2, 0.25) is 5.91 Å². The van der Waals surface area contributed by atoms with Crippen molar-refractivity contribution in [2.45, 2.75) is 39.2 Å². The van der Waals surface area contributed by atoms with Gasteiger partial charge in [-0.2, -0.15) is 0 Å². The van der Waals surface area contributed by atoms with Gasteiger partial charge in [0.15, 0.2) is 5.84 Å². The van der Waals surface area contributed by atoms with Crippen LogP contribution in [0.15, 0.2) is 5.16 Å². The Hall–Kier alpha value is -1.26. The highest BCUT2D eigenvalue weighted by atomic mass is 16.4. The lowest BCUT2D eigenvalue weighted by atomic mass is 10.1. The normalized spacial score (nSPS) is 29.6. The summed E-state index contributed by atoms with van der Waals surface area (Å²) < 4.78 is 0. The number of oxime groups is 1. The molecule has 2 aliphatic rings. The molecule has 5 heteroatoms. The highest BCUT2D eigenvalue weighted by molar-refractivity contribution is 5.92.